The van der Waals surface area contributed by atoms with Crippen LogP contribution >= 0.6 is 11.6 Å². The highest BCUT2D eigenvalue weighted by Gasteiger charge is 2.09. The Kier molecular flexibility index (Phi) is 4.31. The predicted octanol–water partition coefficient (Wildman–Crippen LogP) is 6.82. The summed E-state index contributed by atoms with van der Waals surface area (Å²) < 4.78 is 5.90. The van der Waals surface area contributed by atoms with Crippen molar-refractivity contribution in [3.8, 4) is 17.4 Å². The molecule has 124 valence electrons. The average molecular weight is 356 g/mol. The van der Waals surface area contributed by atoms with E-state index < -0.39 is 0 Å². The molecule has 0 atom stereocenters. The summed E-state index contributed by atoms with van der Waals surface area (Å²) in [6.45, 7) is 0. The van der Waals surface area contributed by atoms with E-state index in [0.29, 0.717) is 16.4 Å². The molecule has 0 unspecified atom stereocenters. The Hall–Kier alpha value is -3.28. The van der Waals surface area contributed by atoms with Crippen LogP contribution in [0, 0.1) is 11.3 Å². The Labute approximate surface area is 156 Å². The van der Waals surface area contributed by atoms with Gasteiger partial charge in [-0.15, -0.1) is 0 Å². The highest BCUT2D eigenvalue weighted by atomic mass is 35.5. The molecule has 0 N–H and O–H groups in total. The molecule has 4 rings (SSSR count). The van der Waals surface area contributed by atoms with Crippen LogP contribution in [0.5, 0.6) is 0 Å². The van der Waals surface area contributed by atoms with Gasteiger partial charge in [-0.05, 0) is 53.2 Å². The second-order valence-corrected chi connectivity index (χ2v) is 6.34. The second-order valence-electron chi connectivity index (χ2n) is 5.91. The number of nitrogens with zero attached hydrogens (tertiary/aromatic N) is 1. The van der Waals surface area contributed by atoms with Crippen LogP contribution in [0.2, 0.25) is 5.02 Å². The van der Waals surface area contributed by atoms with Crippen molar-refractivity contribution in [2.45, 2.75) is 0 Å². The highest BCUT2D eigenvalue weighted by molar-refractivity contribution is 6.30. The molecule has 0 saturated carbocycles. The molecule has 0 amide bonds. The summed E-state index contributed by atoms with van der Waals surface area (Å²) in [5, 5.41) is 12.5. The Morgan fingerprint density at radius 3 is 2.46 bits per heavy atom. The van der Waals surface area contributed by atoms with Crippen molar-refractivity contribution in [1.82, 2.24) is 0 Å². The molecule has 2 nitrogen and oxygen atoms in total. The molecular formula is C23H14ClNO. The molecule has 0 aliphatic rings. The maximum absolute atomic E-state index is 9.68. The van der Waals surface area contributed by atoms with Crippen molar-refractivity contribution in [2.24, 2.45) is 0 Å². The number of hydrogen-bond donors (Lipinski definition) is 0. The lowest BCUT2D eigenvalue weighted by atomic mass is 9.98. The lowest BCUT2D eigenvalue weighted by Crippen LogP contribution is -1.84. The zero-order valence-corrected chi connectivity index (χ0v) is 14.6. The third kappa shape index (κ3) is 3.13. The van der Waals surface area contributed by atoms with Gasteiger partial charge in [-0.2, -0.15) is 5.26 Å². The van der Waals surface area contributed by atoms with Crippen molar-refractivity contribution in [3.63, 3.8) is 0 Å². The number of fused-ring (bicyclic) bond motifs is 1. The van der Waals surface area contributed by atoms with Gasteiger partial charge in [0.1, 0.15) is 11.5 Å². The lowest BCUT2D eigenvalue weighted by Gasteiger charge is -2.04. The average Bonchev–Trinajstić information content (AvgIpc) is 3.15. The normalized spacial score (nSPS) is 11.5. The quantitative estimate of drug-likeness (QED) is 0.378. The summed E-state index contributed by atoms with van der Waals surface area (Å²) in [6, 6.07) is 27.5. The van der Waals surface area contributed by atoms with Crippen molar-refractivity contribution in [2.75, 3.05) is 0 Å². The largest absolute Gasteiger partial charge is 0.457 e. The van der Waals surface area contributed by atoms with Crippen molar-refractivity contribution in [1.29, 1.82) is 5.26 Å². The van der Waals surface area contributed by atoms with Gasteiger partial charge in [0, 0.05) is 16.1 Å². The van der Waals surface area contributed by atoms with Crippen LogP contribution in [0.25, 0.3) is 33.7 Å². The molecule has 0 bridgehead atoms. The van der Waals surface area contributed by atoms with Crippen LogP contribution in [0.4, 0.5) is 0 Å². The van der Waals surface area contributed by atoms with Crippen LogP contribution in [-0.4, -0.2) is 0 Å². The predicted molar refractivity (Wildman–Crippen MR) is 107 cm³/mol. The maximum atomic E-state index is 9.68. The first-order chi connectivity index (χ1) is 12.7. The molecule has 1 aromatic heterocycles. The molecule has 0 saturated heterocycles. The summed E-state index contributed by atoms with van der Waals surface area (Å²) in [7, 11) is 0. The van der Waals surface area contributed by atoms with E-state index in [0.717, 1.165) is 27.7 Å². The van der Waals surface area contributed by atoms with Crippen molar-refractivity contribution < 1.29 is 4.42 Å². The van der Waals surface area contributed by atoms with Crippen molar-refractivity contribution >= 4 is 34.0 Å². The molecule has 0 fully saturated rings. The maximum Gasteiger partial charge on any atom is 0.134 e. The van der Waals surface area contributed by atoms with Gasteiger partial charge in [0.25, 0.3) is 0 Å². The second kappa shape index (κ2) is 6.92. The van der Waals surface area contributed by atoms with E-state index in [1.165, 1.54) is 0 Å². The molecule has 3 aromatic carbocycles. The number of halogens is 1. The first-order valence-electron chi connectivity index (χ1n) is 8.20. The molecule has 0 aliphatic carbocycles. The third-order valence-corrected chi connectivity index (χ3v) is 4.49. The van der Waals surface area contributed by atoms with Gasteiger partial charge in [-0.3, -0.25) is 0 Å². The standard InChI is InChI=1S/C23H14ClNO/c24-19-10-8-17(9-11-19)23-13-12-20(26-23)14-18(15-25)22-7-3-5-16-4-1-2-6-21(16)22/h1-14H/b18-14-. The Balaban J connectivity index is 1.75. The molecule has 0 radical (unpaired) electrons. The third-order valence-electron chi connectivity index (χ3n) is 4.24. The first-order valence-corrected chi connectivity index (χ1v) is 8.58. The molecule has 3 heteroatoms. The molecule has 26 heavy (non-hydrogen) atoms. The smallest absolute Gasteiger partial charge is 0.134 e. The van der Waals surface area contributed by atoms with E-state index >= 15 is 0 Å². The van der Waals surface area contributed by atoms with Crippen LogP contribution in [0.3, 0.4) is 0 Å². The summed E-state index contributed by atoms with van der Waals surface area (Å²) in [5.41, 5.74) is 2.41. The van der Waals surface area contributed by atoms with Gasteiger partial charge in [0.2, 0.25) is 0 Å². The summed E-state index contributed by atoms with van der Waals surface area (Å²) in [4.78, 5) is 0. The minimum atomic E-state index is 0.568. The number of allylic oxidation sites excluding steroid dienone is 1. The minimum absolute atomic E-state index is 0.568. The van der Waals surface area contributed by atoms with E-state index in [9.17, 15) is 5.26 Å². The highest BCUT2D eigenvalue weighted by Crippen LogP contribution is 2.29. The van der Waals surface area contributed by atoms with Crippen LogP contribution in [0.15, 0.2) is 83.3 Å². The Morgan fingerprint density at radius 2 is 1.65 bits per heavy atom. The van der Waals surface area contributed by atoms with E-state index in [1.807, 2.05) is 78.9 Å². The zero-order chi connectivity index (χ0) is 17.9. The Morgan fingerprint density at radius 1 is 0.885 bits per heavy atom. The molecule has 1 heterocycles. The van der Waals surface area contributed by atoms with Gasteiger partial charge in [0.05, 0.1) is 11.6 Å². The number of hydrogen-bond acceptors (Lipinski definition) is 2. The summed E-state index contributed by atoms with van der Waals surface area (Å²) in [5.74, 6) is 1.38. The van der Waals surface area contributed by atoms with Gasteiger partial charge in [-0.25, -0.2) is 0 Å². The van der Waals surface area contributed by atoms with Crippen molar-refractivity contribution in [3.05, 3.63) is 95.2 Å². The topological polar surface area (TPSA) is 36.9 Å². The number of rotatable bonds is 3. The van der Waals surface area contributed by atoms with Crippen LogP contribution in [-0.2, 0) is 0 Å². The lowest BCUT2D eigenvalue weighted by molar-refractivity contribution is 0.572. The van der Waals surface area contributed by atoms with Gasteiger partial charge in [0.15, 0.2) is 0 Å². The molecule has 4 aromatic rings. The van der Waals surface area contributed by atoms with E-state index in [-0.39, 0.29) is 0 Å². The van der Waals surface area contributed by atoms with Gasteiger partial charge < -0.3 is 4.42 Å². The monoisotopic (exact) mass is 355 g/mol. The fraction of sp³-hybridized carbons (Fsp3) is 0. The number of benzene rings is 3. The van der Waals surface area contributed by atoms with Crippen LogP contribution in [0.1, 0.15) is 11.3 Å². The number of nitriles is 1. The fourth-order valence-electron chi connectivity index (χ4n) is 2.97. The molecule has 0 aliphatic heterocycles. The van der Waals surface area contributed by atoms with Gasteiger partial charge >= 0.3 is 0 Å². The van der Waals surface area contributed by atoms with Gasteiger partial charge in [-0.1, -0.05) is 54.1 Å². The SMILES string of the molecule is N#C/C(=C/c1ccc(-c2ccc(Cl)cc2)o1)c1cccc2ccccc12. The minimum Gasteiger partial charge on any atom is -0.457 e. The Bertz CT molecular complexity index is 1140. The van der Waals surface area contributed by atoms with Crippen LogP contribution < -0.4 is 0 Å². The van der Waals surface area contributed by atoms with E-state index in [4.69, 9.17) is 16.0 Å². The first kappa shape index (κ1) is 16.2. The fourth-order valence-corrected chi connectivity index (χ4v) is 3.10. The molecular weight excluding hydrogens is 342 g/mol. The summed E-state index contributed by atoms with van der Waals surface area (Å²) in [6.07, 6.45) is 1.78. The van der Waals surface area contributed by atoms with E-state index in [1.54, 1.807) is 6.08 Å². The summed E-state index contributed by atoms with van der Waals surface area (Å²) >= 11 is 5.93. The zero-order valence-electron chi connectivity index (χ0n) is 13.8. The molecule has 0 spiro atoms. The number of furan rings is 1. The van der Waals surface area contributed by atoms with E-state index in [2.05, 4.69) is 6.07 Å².